The Labute approximate surface area is 599 Å². The van der Waals surface area contributed by atoms with E-state index in [1.165, 1.54) is 104 Å². The van der Waals surface area contributed by atoms with Crippen LogP contribution in [0.1, 0.15) is 212 Å². The summed E-state index contributed by atoms with van der Waals surface area (Å²) < 4.78 is 10.9. The predicted molar refractivity (Wildman–Crippen MR) is 430 cm³/mol. The summed E-state index contributed by atoms with van der Waals surface area (Å²) in [6, 6.07) is 46.0. The van der Waals surface area contributed by atoms with E-state index in [-0.39, 0.29) is 37.9 Å². The Bertz CT molecular complexity index is 3460. The highest BCUT2D eigenvalue weighted by atomic mass is 32.2. The van der Waals surface area contributed by atoms with Crippen molar-refractivity contribution in [1.29, 1.82) is 0 Å². The molecule has 7 heterocycles. The van der Waals surface area contributed by atoms with Gasteiger partial charge in [-0.2, -0.15) is 0 Å². The Kier molecular flexibility index (Phi) is 22.8. The number of benzene rings is 7. The molecule has 0 radical (unpaired) electrons. The molecule has 0 amide bonds. The van der Waals surface area contributed by atoms with E-state index >= 15 is 0 Å². The van der Waals surface area contributed by atoms with Crippen LogP contribution in [0, 0.1) is 0 Å². The van der Waals surface area contributed by atoms with Crippen molar-refractivity contribution in [2.24, 2.45) is 0 Å². The maximum Gasteiger partial charge on any atom is 0.190 e. The number of allylic oxidation sites excluding steroid dienone is 5. The Morgan fingerprint density at radius 3 is 1.05 bits per heavy atom. The molecule has 0 saturated carbocycles. The van der Waals surface area contributed by atoms with Gasteiger partial charge in [0, 0.05) is 81.6 Å². The van der Waals surface area contributed by atoms with Crippen LogP contribution >= 0.6 is 23.5 Å². The Morgan fingerprint density at radius 2 is 0.633 bits per heavy atom. The summed E-state index contributed by atoms with van der Waals surface area (Å²) in [5.74, 6) is 3.31. The minimum atomic E-state index is 0.155. The van der Waals surface area contributed by atoms with Crippen LogP contribution in [0.4, 0.5) is 28.4 Å². The lowest BCUT2D eigenvalue weighted by Crippen LogP contribution is -2.11. The molecular weight excluding hydrogens is 1240 g/mol. The molecule has 98 heavy (non-hydrogen) atoms. The first kappa shape index (κ1) is 75.8. The third kappa shape index (κ3) is 20.3. The van der Waals surface area contributed by atoms with Gasteiger partial charge in [-0.1, -0.05) is 281 Å². The lowest BCUT2D eigenvalue weighted by atomic mass is 9.86. The van der Waals surface area contributed by atoms with Crippen LogP contribution in [0.3, 0.4) is 0 Å². The van der Waals surface area contributed by atoms with Gasteiger partial charge in [-0.05, 0) is 165 Å². The number of anilines is 5. The zero-order chi connectivity index (χ0) is 72.4. The van der Waals surface area contributed by atoms with Crippen molar-refractivity contribution in [3.8, 4) is 11.5 Å². The number of hydrogen-bond acceptors (Lipinski definition) is 9. The molecule has 5 N–H and O–H groups in total. The molecule has 0 spiro atoms. The number of thioether (sulfide) groups is 2. The van der Waals surface area contributed by atoms with Gasteiger partial charge in [0.2, 0.25) is 0 Å². The van der Waals surface area contributed by atoms with Crippen LogP contribution in [-0.2, 0) is 70.0 Å². The van der Waals surface area contributed by atoms with Gasteiger partial charge < -0.3 is 36.1 Å². The van der Waals surface area contributed by atoms with Gasteiger partial charge in [0.05, 0.1) is 16.4 Å². The van der Waals surface area contributed by atoms with Gasteiger partial charge in [-0.25, -0.2) is 0 Å². The van der Waals surface area contributed by atoms with Crippen LogP contribution in [-0.4, -0.2) is 0 Å². The molecule has 14 rings (SSSR count). The second kappa shape index (κ2) is 29.5. The van der Waals surface area contributed by atoms with E-state index in [0.29, 0.717) is 5.88 Å². The van der Waals surface area contributed by atoms with Gasteiger partial charge in [-0.15, -0.1) is 0 Å². The lowest BCUT2D eigenvalue weighted by Gasteiger charge is -2.19. The smallest absolute Gasteiger partial charge is 0.190 e. The summed E-state index contributed by atoms with van der Waals surface area (Å²) in [4.78, 5) is 3.96. The van der Waals surface area contributed by atoms with Gasteiger partial charge in [0.25, 0.3) is 0 Å². The summed E-state index contributed by atoms with van der Waals surface area (Å²) >= 11 is 3.53. The first-order chi connectivity index (χ1) is 45.3. The third-order valence-electron chi connectivity index (χ3n) is 17.9. The Morgan fingerprint density at radius 1 is 0.286 bits per heavy atom. The van der Waals surface area contributed by atoms with E-state index in [4.69, 9.17) is 9.47 Å². The molecule has 7 aliphatic rings. The summed E-state index contributed by atoms with van der Waals surface area (Å²) in [7, 11) is 0. The van der Waals surface area contributed by atoms with Gasteiger partial charge >= 0.3 is 0 Å². The van der Waals surface area contributed by atoms with Crippen LogP contribution < -0.4 is 36.1 Å². The van der Waals surface area contributed by atoms with Crippen LogP contribution in [0.15, 0.2) is 222 Å². The quantitative estimate of drug-likeness (QED) is 0.102. The molecular formula is C89H113N5O2S2. The second-order valence-electron chi connectivity index (χ2n) is 34.1. The SMILES string of the molecule is C=C1Cc2cc(C(C)(C)C)ccc2N1.C=C1Cc2cc(C(C)(C)C)ccc2N1.C=C1Cc2cc(C(C)(C)C)ccc2N1.C=C1Cc2cc(C(C)(C)C)ccc2O1.C=C1Cc2cc(C(C)(C)C)ccc2S1.C=C1Nc2ccc(C(C)(C)C)cc2O1.C=C1Nc2ccc(C(C)(C)C)cc2S1. The normalized spacial score (nSPS) is 15.2. The predicted octanol–water partition coefficient (Wildman–Crippen LogP) is 25.2. The number of fused-ring (bicyclic) bond motifs is 7. The van der Waals surface area contributed by atoms with Gasteiger partial charge in [0.1, 0.15) is 11.5 Å². The molecule has 7 aromatic carbocycles. The fourth-order valence-corrected chi connectivity index (χ4v) is 13.5. The summed E-state index contributed by atoms with van der Waals surface area (Å²) in [5, 5.41) is 17.2. The highest BCUT2D eigenvalue weighted by Gasteiger charge is 2.26. The van der Waals surface area contributed by atoms with Crippen molar-refractivity contribution in [3.05, 3.63) is 279 Å². The fraction of sp³-hybridized carbons (Fsp3) is 0.371. The van der Waals surface area contributed by atoms with Gasteiger partial charge in [-0.3, -0.25) is 0 Å². The maximum atomic E-state index is 5.48. The number of ether oxygens (including phenoxy) is 2. The van der Waals surface area contributed by atoms with E-state index in [2.05, 4.69) is 333 Å². The molecule has 7 aliphatic heterocycles. The molecule has 0 atom stereocenters. The monoisotopic (exact) mass is 1350 g/mol. The van der Waals surface area contributed by atoms with E-state index in [1.807, 2.05) is 23.9 Å². The number of nitrogens with one attached hydrogen (secondary N) is 5. The summed E-state index contributed by atoms with van der Waals surface area (Å²) in [6.45, 7) is 74.2. The largest absolute Gasteiger partial charge is 0.462 e. The summed E-state index contributed by atoms with van der Waals surface area (Å²) in [5.41, 5.74) is 27.2. The Balaban J connectivity index is 0.000000146. The fourth-order valence-electron chi connectivity index (χ4n) is 11.7. The third-order valence-corrected chi connectivity index (χ3v) is 19.9. The molecule has 0 aliphatic carbocycles. The average Bonchev–Trinajstić information content (AvgIpc) is 1.70. The summed E-state index contributed by atoms with van der Waals surface area (Å²) in [6.07, 6.45) is 4.82. The van der Waals surface area contributed by atoms with Crippen molar-refractivity contribution in [2.75, 3.05) is 26.6 Å². The second-order valence-corrected chi connectivity index (χ2v) is 36.4. The zero-order valence-electron chi connectivity index (χ0n) is 63.2. The van der Waals surface area contributed by atoms with Crippen LogP contribution in [0.25, 0.3) is 0 Å². The molecule has 0 saturated heterocycles. The van der Waals surface area contributed by atoms with E-state index in [9.17, 15) is 0 Å². The van der Waals surface area contributed by atoms with Gasteiger partial charge in [0.15, 0.2) is 11.6 Å². The van der Waals surface area contributed by atoms with E-state index < -0.39 is 0 Å². The topological polar surface area (TPSA) is 78.6 Å². The Hall–Kier alpha value is -7.98. The van der Waals surface area contributed by atoms with E-state index in [1.54, 1.807) is 11.8 Å². The molecule has 0 bridgehead atoms. The number of rotatable bonds is 0. The first-order valence-corrected chi connectivity index (χ1v) is 36.2. The standard InChI is InChI=1S/3C13H17N.C13H16O.C13H16S.C12H15NO.C12H15NS/c5*1-9-7-10-8-11(13(2,3)4)5-6-12(10)14-9;2*1-8-13-10-6-5-9(12(2,3)4)7-11(10)14-8/h3*5-6,8,14H,1,7H2,2-4H3;2*5-6,8H,1,7H2,2-4H3;2*5-7,13H,1H2,2-4H3. The number of hydrogen-bond donors (Lipinski definition) is 5. The average molecular weight is 1350 g/mol. The zero-order valence-corrected chi connectivity index (χ0v) is 64.9. The highest BCUT2D eigenvalue weighted by molar-refractivity contribution is 8.03. The molecule has 0 fully saturated rings. The molecule has 518 valence electrons. The van der Waals surface area contributed by atoms with Crippen molar-refractivity contribution < 1.29 is 9.47 Å². The van der Waals surface area contributed by atoms with Crippen LogP contribution in [0.5, 0.6) is 11.5 Å². The minimum Gasteiger partial charge on any atom is -0.462 e. The van der Waals surface area contributed by atoms with E-state index in [0.717, 1.165) is 77.2 Å². The van der Waals surface area contributed by atoms with Crippen molar-refractivity contribution in [3.63, 3.8) is 0 Å². The van der Waals surface area contributed by atoms with Crippen molar-refractivity contribution >= 4 is 52.0 Å². The highest BCUT2D eigenvalue weighted by Crippen LogP contribution is 2.44. The van der Waals surface area contributed by atoms with Crippen molar-refractivity contribution in [1.82, 2.24) is 0 Å². The molecule has 7 nitrogen and oxygen atoms in total. The first-order valence-electron chi connectivity index (χ1n) is 34.6. The lowest BCUT2D eigenvalue weighted by molar-refractivity contribution is 0.449. The molecule has 0 unspecified atom stereocenters. The maximum absolute atomic E-state index is 5.48. The minimum absolute atomic E-state index is 0.155. The van der Waals surface area contributed by atoms with Crippen LogP contribution in [0.2, 0.25) is 0 Å². The molecule has 0 aromatic heterocycles. The molecule has 7 aromatic rings. The van der Waals surface area contributed by atoms with Crippen molar-refractivity contribution in [2.45, 2.75) is 225 Å². The molecule has 9 heteroatoms.